The summed E-state index contributed by atoms with van der Waals surface area (Å²) >= 11 is 9.42. The van der Waals surface area contributed by atoms with Gasteiger partial charge in [-0.05, 0) is 36.2 Å². The normalized spacial score (nSPS) is 10.4. The molecular formula is C15H14BrClFNO. The molecule has 2 rings (SSSR count). The first-order chi connectivity index (χ1) is 9.51. The van der Waals surface area contributed by atoms with Crippen molar-refractivity contribution in [1.82, 2.24) is 0 Å². The molecule has 0 aliphatic carbocycles. The van der Waals surface area contributed by atoms with Gasteiger partial charge in [-0.2, -0.15) is 0 Å². The molecule has 0 spiro atoms. The smallest absolute Gasteiger partial charge is 0.143 e. The van der Waals surface area contributed by atoms with Gasteiger partial charge in [0, 0.05) is 22.1 Å². The van der Waals surface area contributed by atoms with Crippen LogP contribution in [0.15, 0.2) is 34.8 Å². The van der Waals surface area contributed by atoms with Crippen molar-refractivity contribution in [2.45, 2.75) is 13.5 Å². The minimum absolute atomic E-state index is 0.263. The van der Waals surface area contributed by atoms with E-state index in [2.05, 4.69) is 21.2 Å². The summed E-state index contributed by atoms with van der Waals surface area (Å²) in [6.45, 7) is 2.49. The van der Waals surface area contributed by atoms with Crippen molar-refractivity contribution in [2.24, 2.45) is 0 Å². The summed E-state index contributed by atoms with van der Waals surface area (Å²) in [6, 6.07) is 8.33. The van der Waals surface area contributed by atoms with Crippen molar-refractivity contribution in [3.63, 3.8) is 0 Å². The number of halogens is 3. The van der Waals surface area contributed by atoms with E-state index < -0.39 is 0 Å². The van der Waals surface area contributed by atoms with E-state index in [1.165, 1.54) is 12.1 Å². The minimum Gasteiger partial charge on any atom is -0.495 e. The first-order valence-corrected chi connectivity index (χ1v) is 7.20. The van der Waals surface area contributed by atoms with Crippen molar-refractivity contribution < 1.29 is 9.13 Å². The van der Waals surface area contributed by atoms with Gasteiger partial charge in [-0.25, -0.2) is 4.39 Å². The number of benzene rings is 2. The van der Waals surface area contributed by atoms with Crippen LogP contribution in [0.1, 0.15) is 11.1 Å². The van der Waals surface area contributed by atoms with Crippen LogP contribution in [0.3, 0.4) is 0 Å². The number of rotatable bonds is 4. The molecule has 0 bridgehead atoms. The topological polar surface area (TPSA) is 21.3 Å². The van der Waals surface area contributed by atoms with Crippen LogP contribution < -0.4 is 10.1 Å². The molecule has 0 aliphatic rings. The summed E-state index contributed by atoms with van der Waals surface area (Å²) in [5.74, 6) is 0.416. The molecule has 0 amide bonds. The number of nitrogens with one attached hydrogen (secondary N) is 1. The van der Waals surface area contributed by atoms with Gasteiger partial charge in [0.2, 0.25) is 0 Å². The number of ether oxygens (including phenoxy) is 1. The van der Waals surface area contributed by atoms with Gasteiger partial charge >= 0.3 is 0 Å². The van der Waals surface area contributed by atoms with Crippen LogP contribution in [-0.2, 0) is 6.54 Å². The van der Waals surface area contributed by atoms with Gasteiger partial charge in [0.15, 0.2) is 0 Å². The summed E-state index contributed by atoms with van der Waals surface area (Å²) in [6.07, 6.45) is 0. The lowest BCUT2D eigenvalue weighted by Crippen LogP contribution is -2.03. The maximum Gasteiger partial charge on any atom is 0.143 e. The maximum atomic E-state index is 13.0. The molecular weight excluding hydrogens is 345 g/mol. The van der Waals surface area contributed by atoms with Crippen LogP contribution in [0.5, 0.6) is 5.75 Å². The van der Waals surface area contributed by atoms with Crippen molar-refractivity contribution in [3.8, 4) is 5.75 Å². The van der Waals surface area contributed by atoms with Gasteiger partial charge in [0.1, 0.15) is 11.6 Å². The highest BCUT2D eigenvalue weighted by Gasteiger charge is 2.08. The fourth-order valence-electron chi connectivity index (χ4n) is 1.83. The van der Waals surface area contributed by atoms with Gasteiger partial charge in [-0.3, -0.25) is 0 Å². The summed E-state index contributed by atoms with van der Waals surface area (Å²) in [5.41, 5.74) is 2.78. The average molecular weight is 359 g/mol. The van der Waals surface area contributed by atoms with E-state index >= 15 is 0 Å². The van der Waals surface area contributed by atoms with Crippen LogP contribution in [0, 0.1) is 12.7 Å². The molecule has 20 heavy (non-hydrogen) atoms. The van der Waals surface area contributed by atoms with Gasteiger partial charge in [0.25, 0.3) is 0 Å². The Morgan fingerprint density at radius 3 is 2.70 bits per heavy atom. The van der Waals surface area contributed by atoms with E-state index in [9.17, 15) is 4.39 Å². The second kappa shape index (κ2) is 6.46. The second-order valence-electron chi connectivity index (χ2n) is 4.39. The van der Waals surface area contributed by atoms with Crippen LogP contribution in [0.4, 0.5) is 10.1 Å². The lowest BCUT2D eigenvalue weighted by molar-refractivity contribution is 0.416. The Bertz CT molecular complexity index is 634. The molecule has 0 atom stereocenters. The molecule has 0 aromatic heterocycles. The van der Waals surface area contributed by atoms with Crippen LogP contribution in [0.25, 0.3) is 0 Å². The lowest BCUT2D eigenvalue weighted by atomic mass is 10.2. The monoisotopic (exact) mass is 357 g/mol. The molecule has 0 unspecified atom stereocenters. The van der Waals surface area contributed by atoms with E-state index in [0.29, 0.717) is 17.3 Å². The third-order valence-corrected chi connectivity index (χ3v) is 4.11. The SMILES string of the molecule is COc1cc(Cl)c(C)cc1NCc1ccc(F)cc1Br. The number of anilines is 1. The highest BCUT2D eigenvalue weighted by Crippen LogP contribution is 2.31. The zero-order valence-corrected chi connectivity index (χ0v) is 13.5. The van der Waals surface area contributed by atoms with E-state index in [1.54, 1.807) is 19.2 Å². The Kier molecular flexibility index (Phi) is 4.89. The highest BCUT2D eigenvalue weighted by molar-refractivity contribution is 9.10. The zero-order valence-electron chi connectivity index (χ0n) is 11.1. The van der Waals surface area contributed by atoms with E-state index in [1.807, 2.05) is 13.0 Å². The Balaban J connectivity index is 2.20. The van der Waals surface area contributed by atoms with E-state index in [0.717, 1.165) is 21.3 Å². The minimum atomic E-state index is -0.263. The van der Waals surface area contributed by atoms with Crippen molar-refractivity contribution in [1.29, 1.82) is 0 Å². The van der Waals surface area contributed by atoms with Crippen molar-refractivity contribution in [3.05, 3.63) is 56.8 Å². The Labute approximate surface area is 131 Å². The van der Waals surface area contributed by atoms with Gasteiger partial charge in [-0.1, -0.05) is 33.6 Å². The predicted octanol–water partition coefficient (Wildman–Crippen LogP) is 5.17. The number of methoxy groups -OCH3 is 1. The fourth-order valence-corrected chi connectivity index (χ4v) is 2.47. The largest absolute Gasteiger partial charge is 0.495 e. The summed E-state index contributed by atoms with van der Waals surface area (Å²) in [7, 11) is 1.60. The Morgan fingerprint density at radius 2 is 2.05 bits per heavy atom. The number of aryl methyl sites for hydroxylation is 1. The van der Waals surface area contributed by atoms with Gasteiger partial charge < -0.3 is 10.1 Å². The van der Waals surface area contributed by atoms with Crippen molar-refractivity contribution in [2.75, 3.05) is 12.4 Å². The average Bonchev–Trinajstić information content (AvgIpc) is 2.41. The van der Waals surface area contributed by atoms with Crippen LogP contribution in [-0.4, -0.2) is 7.11 Å². The van der Waals surface area contributed by atoms with Crippen LogP contribution >= 0.6 is 27.5 Å². The molecule has 0 saturated carbocycles. The van der Waals surface area contributed by atoms with Crippen LogP contribution in [0.2, 0.25) is 5.02 Å². The quantitative estimate of drug-likeness (QED) is 0.814. The van der Waals surface area contributed by atoms with Gasteiger partial charge in [0.05, 0.1) is 12.8 Å². The molecule has 1 N–H and O–H groups in total. The Morgan fingerprint density at radius 1 is 1.30 bits per heavy atom. The molecule has 5 heteroatoms. The molecule has 2 nitrogen and oxygen atoms in total. The third kappa shape index (κ3) is 3.44. The molecule has 2 aromatic rings. The second-order valence-corrected chi connectivity index (χ2v) is 5.65. The molecule has 0 saturated heterocycles. The first kappa shape index (κ1) is 15.1. The van der Waals surface area contributed by atoms with Crippen molar-refractivity contribution >= 4 is 33.2 Å². The summed E-state index contributed by atoms with van der Waals surface area (Å²) in [5, 5.41) is 3.94. The highest BCUT2D eigenvalue weighted by atomic mass is 79.9. The third-order valence-electron chi connectivity index (χ3n) is 2.97. The first-order valence-electron chi connectivity index (χ1n) is 6.03. The Hall–Kier alpha value is -1.26. The number of hydrogen-bond donors (Lipinski definition) is 1. The molecule has 0 aliphatic heterocycles. The fraction of sp³-hybridized carbons (Fsp3) is 0.200. The number of hydrogen-bond acceptors (Lipinski definition) is 2. The molecule has 2 aromatic carbocycles. The van der Waals surface area contributed by atoms with E-state index in [4.69, 9.17) is 16.3 Å². The zero-order chi connectivity index (χ0) is 14.7. The summed E-state index contributed by atoms with van der Waals surface area (Å²) < 4.78 is 19.1. The maximum absolute atomic E-state index is 13.0. The summed E-state index contributed by atoms with van der Waals surface area (Å²) in [4.78, 5) is 0. The standard InChI is InChI=1S/C15H14BrClFNO/c1-9-5-14(15(20-2)7-13(9)17)19-8-10-3-4-11(18)6-12(10)16/h3-7,19H,8H2,1-2H3. The van der Waals surface area contributed by atoms with Gasteiger partial charge in [-0.15, -0.1) is 0 Å². The lowest BCUT2D eigenvalue weighted by Gasteiger charge is -2.14. The molecule has 0 fully saturated rings. The predicted molar refractivity (Wildman–Crippen MR) is 84.2 cm³/mol. The molecule has 0 radical (unpaired) electrons. The van der Waals surface area contributed by atoms with E-state index in [-0.39, 0.29) is 5.82 Å². The molecule has 106 valence electrons. The molecule has 0 heterocycles.